The van der Waals surface area contributed by atoms with Gasteiger partial charge in [-0.05, 0) is 48.0 Å². The summed E-state index contributed by atoms with van der Waals surface area (Å²) >= 11 is 9.08. The Morgan fingerprint density at radius 1 is 1.53 bits per heavy atom. The minimum absolute atomic E-state index is 0.245. The van der Waals surface area contributed by atoms with Gasteiger partial charge in [-0.15, -0.1) is 0 Å². The summed E-state index contributed by atoms with van der Waals surface area (Å²) in [4.78, 5) is 11.6. The van der Waals surface area contributed by atoms with Crippen molar-refractivity contribution in [2.75, 3.05) is 5.32 Å². The first-order chi connectivity index (χ1) is 6.80. The summed E-state index contributed by atoms with van der Waals surface area (Å²) in [5.41, 5.74) is 5.41. The van der Waals surface area contributed by atoms with E-state index in [0.717, 1.165) is 4.47 Å². The number of anilines is 1. The lowest BCUT2D eigenvalue weighted by atomic mass is 10.1. The fraction of sp³-hybridized carbons (Fsp3) is 0.300. The van der Waals surface area contributed by atoms with Gasteiger partial charge in [0.25, 0.3) is 0 Å². The van der Waals surface area contributed by atoms with Crippen molar-refractivity contribution in [1.29, 1.82) is 0 Å². The maximum atomic E-state index is 11.6. The quantitative estimate of drug-likeness (QED) is 0.880. The van der Waals surface area contributed by atoms with E-state index in [1.54, 1.807) is 32.0 Å². The van der Waals surface area contributed by atoms with Crippen molar-refractivity contribution in [2.45, 2.75) is 19.4 Å². The van der Waals surface area contributed by atoms with Crippen molar-refractivity contribution in [3.63, 3.8) is 0 Å². The molecule has 0 aliphatic heterocycles. The lowest BCUT2D eigenvalue weighted by molar-refractivity contribution is -0.120. The Kier molecular flexibility index (Phi) is 3.76. The number of hydrogen-bond donors (Lipinski definition) is 2. The molecule has 0 bridgehead atoms. The van der Waals surface area contributed by atoms with Crippen molar-refractivity contribution in [1.82, 2.24) is 0 Å². The van der Waals surface area contributed by atoms with Gasteiger partial charge in [-0.25, -0.2) is 0 Å². The van der Waals surface area contributed by atoms with Crippen LogP contribution in [0.2, 0.25) is 5.02 Å². The molecule has 3 N–H and O–H groups in total. The summed E-state index contributed by atoms with van der Waals surface area (Å²) in [6.45, 7) is 3.29. The fourth-order valence-electron chi connectivity index (χ4n) is 0.874. The first kappa shape index (κ1) is 12.5. The minimum Gasteiger partial charge on any atom is -0.323 e. The topological polar surface area (TPSA) is 55.1 Å². The summed E-state index contributed by atoms with van der Waals surface area (Å²) in [5, 5.41) is 3.31. The largest absolute Gasteiger partial charge is 0.323 e. The van der Waals surface area contributed by atoms with Crippen molar-refractivity contribution >= 4 is 39.1 Å². The van der Waals surface area contributed by atoms with Crippen LogP contribution in [0.3, 0.4) is 0 Å². The third-order valence-corrected chi connectivity index (χ3v) is 2.66. The molecule has 15 heavy (non-hydrogen) atoms. The first-order valence-electron chi connectivity index (χ1n) is 4.36. The molecule has 5 heteroatoms. The van der Waals surface area contributed by atoms with Gasteiger partial charge < -0.3 is 11.1 Å². The lowest BCUT2D eigenvalue weighted by Crippen LogP contribution is -2.45. The Balaban J connectivity index is 2.87. The molecule has 82 valence electrons. The van der Waals surface area contributed by atoms with Crippen molar-refractivity contribution in [3.8, 4) is 0 Å². The van der Waals surface area contributed by atoms with Gasteiger partial charge in [-0.2, -0.15) is 0 Å². The second-order valence-corrected chi connectivity index (χ2v) is 5.09. The van der Waals surface area contributed by atoms with E-state index in [1.807, 2.05) is 0 Å². The van der Waals surface area contributed by atoms with E-state index in [2.05, 4.69) is 21.2 Å². The van der Waals surface area contributed by atoms with Crippen LogP contribution >= 0.6 is 27.5 Å². The predicted molar refractivity (Wildman–Crippen MR) is 66.0 cm³/mol. The zero-order valence-electron chi connectivity index (χ0n) is 8.47. The summed E-state index contributed by atoms with van der Waals surface area (Å²) < 4.78 is 0.729. The van der Waals surface area contributed by atoms with E-state index in [0.29, 0.717) is 10.7 Å². The predicted octanol–water partition coefficient (Wildman–Crippen LogP) is 2.78. The molecule has 0 atom stereocenters. The van der Waals surface area contributed by atoms with Gasteiger partial charge in [0.05, 0.1) is 11.2 Å². The number of rotatable bonds is 2. The van der Waals surface area contributed by atoms with Crippen LogP contribution in [0.5, 0.6) is 0 Å². The zero-order valence-corrected chi connectivity index (χ0v) is 10.8. The zero-order chi connectivity index (χ0) is 11.6. The number of carbonyl (C=O) groups excluding carboxylic acids is 1. The van der Waals surface area contributed by atoms with Gasteiger partial charge in [-0.1, -0.05) is 11.6 Å². The van der Waals surface area contributed by atoms with Crippen LogP contribution in [0.15, 0.2) is 22.7 Å². The van der Waals surface area contributed by atoms with E-state index in [-0.39, 0.29) is 5.91 Å². The number of nitrogens with one attached hydrogen (secondary N) is 1. The number of halogens is 2. The monoisotopic (exact) mass is 290 g/mol. The first-order valence-corrected chi connectivity index (χ1v) is 5.53. The van der Waals surface area contributed by atoms with Crippen LogP contribution in [0.1, 0.15) is 13.8 Å². The third kappa shape index (κ3) is 3.48. The van der Waals surface area contributed by atoms with E-state index < -0.39 is 5.54 Å². The SMILES string of the molecule is CC(C)(N)C(=O)Nc1ccc(Cl)cc1Br. The van der Waals surface area contributed by atoms with Crippen LogP contribution in [0.4, 0.5) is 5.69 Å². The maximum Gasteiger partial charge on any atom is 0.243 e. The molecule has 0 aromatic heterocycles. The molecule has 0 aliphatic carbocycles. The number of carbonyl (C=O) groups is 1. The molecule has 0 heterocycles. The molecular weight excluding hydrogens is 279 g/mol. The highest BCUT2D eigenvalue weighted by molar-refractivity contribution is 9.10. The summed E-state index contributed by atoms with van der Waals surface area (Å²) in [7, 11) is 0. The second-order valence-electron chi connectivity index (χ2n) is 3.80. The molecule has 0 fully saturated rings. The van der Waals surface area contributed by atoms with Gasteiger partial charge in [0.2, 0.25) is 5.91 Å². The summed E-state index contributed by atoms with van der Waals surface area (Å²) in [5.74, 6) is -0.245. The number of hydrogen-bond acceptors (Lipinski definition) is 2. The van der Waals surface area contributed by atoms with Crippen LogP contribution in [-0.2, 0) is 4.79 Å². The van der Waals surface area contributed by atoms with Gasteiger partial charge in [0.15, 0.2) is 0 Å². The molecule has 0 radical (unpaired) electrons. The molecule has 0 saturated heterocycles. The number of benzene rings is 1. The Bertz CT molecular complexity index is 387. The van der Waals surface area contributed by atoms with Crippen LogP contribution < -0.4 is 11.1 Å². The van der Waals surface area contributed by atoms with Crippen LogP contribution in [0.25, 0.3) is 0 Å². The molecular formula is C10H12BrClN2O. The molecule has 0 unspecified atom stereocenters. The minimum atomic E-state index is -0.904. The molecule has 0 saturated carbocycles. The van der Waals surface area contributed by atoms with E-state index >= 15 is 0 Å². The van der Waals surface area contributed by atoms with Crippen LogP contribution in [0, 0.1) is 0 Å². The van der Waals surface area contributed by atoms with Gasteiger partial charge in [-0.3, -0.25) is 4.79 Å². The Morgan fingerprint density at radius 2 is 2.13 bits per heavy atom. The number of amides is 1. The van der Waals surface area contributed by atoms with Gasteiger partial charge in [0, 0.05) is 9.50 Å². The Morgan fingerprint density at radius 3 is 2.60 bits per heavy atom. The van der Waals surface area contributed by atoms with Crippen molar-refractivity contribution < 1.29 is 4.79 Å². The summed E-state index contributed by atoms with van der Waals surface area (Å²) in [6, 6.07) is 5.13. The van der Waals surface area contributed by atoms with Crippen LogP contribution in [-0.4, -0.2) is 11.4 Å². The molecule has 0 spiro atoms. The van der Waals surface area contributed by atoms with Crippen molar-refractivity contribution in [2.24, 2.45) is 5.73 Å². The highest BCUT2D eigenvalue weighted by Crippen LogP contribution is 2.26. The Labute approximate surface area is 102 Å². The van der Waals surface area contributed by atoms with Gasteiger partial charge >= 0.3 is 0 Å². The van der Waals surface area contributed by atoms with Gasteiger partial charge in [0.1, 0.15) is 0 Å². The highest BCUT2D eigenvalue weighted by Gasteiger charge is 2.22. The number of nitrogens with two attached hydrogens (primary N) is 1. The second kappa shape index (κ2) is 4.51. The molecule has 1 amide bonds. The maximum absolute atomic E-state index is 11.6. The van der Waals surface area contributed by atoms with E-state index in [1.165, 1.54) is 0 Å². The third-order valence-electron chi connectivity index (χ3n) is 1.76. The molecule has 3 nitrogen and oxygen atoms in total. The lowest BCUT2D eigenvalue weighted by Gasteiger charge is -2.18. The standard InChI is InChI=1S/C10H12BrClN2O/c1-10(2,13)9(15)14-8-4-3-6(12)5-7(8)11/h3-5H,13H2,1-2H3,(H,14,15). The van der Waals surface area contributed by atoms with E-state index in [4.69, 9.17) is 17.3 Å². The average Bonchev–Trinajstić information content (AvgIpc) is 2.08. The molecule has 1 rings (SSSR count). The summed E-state index contributed by atoms with van der Waals surface area (Å²) in [6.07, 6.45) is 0. The fourth-order valence-corrected chi connectivity index (χ4v) is 1.66. The average molecular weight is 292 g/mol. The normalized spacial score (nSPS) is 11.3. The molecule has 1 aromatic carbocycles. The Hall–Kier alpha value is -0.580. The smallest absolute Gasteiger partial charge is 0.243 e. The molecule has 0 aliphatic rings. The van der Waals surface area contributed by atoms with E-state index in [9.17, 15) is 4.79 Å². The van der Waals surface area contributed by atoms with Crippen molar-refractivity contribution in [3.05, 3.63) is 27.7 Å². The molecule has 1 aromatic rings. The highest BCUT2D eigenvalue weighted by atomic mass is 79.9.